The summed E-state index contributed by atoms with van der Waals surface area (Å²) in [5, 5.41) is 2.87. The second-order valence-corrected chi connectivity index (χ2v) is 11.5. The number of rotatable bonds is 10. The van der Waals surface area contributed by atoms with Crippen LogP contribution < -0.4 is 10.1 Å². The van der Waals surface area contributed by atoms with Crippen LogP contribution in [0, 0.1) is 6.92 Å². The van der Waals surface area contributed by atoms with Crippen molar-refractivity contribution in [3.05, 3.63) is 117 Å². The van der Waals surface area contributed by atoms with Gasteiger partial charge in [-0.1, -0.05) is 48.0 Å². The van der Waals surface area contributed by atoms with Crippen LogP contribution in [0.4, 0.5) is 18.9 Å². The van der Waals surface area contributed by atoms with E-state index >= 15 is 0 Å². The maximum absolute atomic E-state index is 13.5. The number of methoxy groups -OCH3 is 1. The Labute approximate surface area is 280 Å². The molecule has 4 rings (SSSR count). The van der Waals surface area contributed by atoms with Gasteiger partial charge in [-0.2, -0.15) is 13.2 Å². The van der Waals surface area contributed by atoms with Gasteiger partial charge in [-0.15, -0.1) is 0 Å². The second-order valence-electron chi connectivity index (χ2n) is 11.1. The first-order valence-electron chi connectivity index (χ1n) is 14.7. The Kier molecular flexibility index (Phi) is 11.3. The van der Waals surface area contributed by atoms with Crippen LogP contribution in [0.3, 0.4) is 0 Å². The van der Waals surface area contributed by atoms with Crippen molar-refractivity contribution in [2.45, 2.75) is 32.4 Å². The summed E-state index contributed by atoms with van der Waals surface area (Å²) >= 11 is 6.24. The molecule has 8 nitrogen and oxygen atoms in total. The van der Waals surface area contributed by atoms with E-state index in [0.29, 0.717) is 29.5 Å². The lowest BCUT2D eigenvalue weighted by molar-refractivity contribution is -0.137. The number of nitrogens with one attached hydrogen (secondary N) is 1. The standard InChI is InChI=1S/C36H32ClF3N2O6/c1-21-18-24(35(46)47-4)20-29(37)32(21)48-31(43)11-7-8-22-12-17-30(28(19-22)34(45)42(2)3)41-33(44)27-10-6-5-9-26(27)23-13-15-25(16-14-23)36(38,39)40/h5-6,9-10,12-20H,7-8,11H2,1-4H3,(H,41,44). The predicted molar refractivity (Wildman–Crippen MR) is 175 cm³/mol. The number of halogens is 4. The molecule has 0 aliphatic rings. The molecule has 0 spiro atoms. The number of hydrogen-bond donors (Lipinski definition) is 1. The molecule has 0 saturated carbocycles. The van der Waals surface area contributed by atoms with E-state index in [9.17, 15) is 32.3 Å². The van der Waals surface area contributed by atoms with E-state index in [0.717, 1.165) is 17.7 Å². The predicted octanol–water partition coefficient (Wildman–Crippen LogP) is 8.00. The number of hydrogen-bond acceptors (Lipinski definition) is 6. The number of esters is 2. The monoisotopic (exact) mass is 680 g/mol. The molecule has 0 radical (unpaired) electrons. The number of ether oxygens (including phenoxy) is 2. The van der Waals surface area contributed by atoms with Gasteiger partial charge in [0.25, 0.3) is 11.8 Å². The van der Waals surface area contributed by atoms with Crippen molar-refractivity contribution < 1.29 is 41.8 Å². The highest BCUT2D eigenvalue weighted by atomic mass is 35.5. The average Bonchev–Trinajstić information content (AvgIpc) is 3.05. The third kappa shape index (κ3) is 8.60. The Morgan fingerprint density at radius 3 is 2.21 bits per heavy atom. The van der Waals surface area contributed by atoms with E-state index in [2.05, 4.69) is 5.32 Å². The van der Waals surface area contributed by atoms with Gasteiger partial charge in [0, 0.05) is 26.1 Å². The molecule has 0 aliphatic heterocycles. The second kappa shape index (κ2) is 15.2. The Morgan fingerprint density at radius 1 is 0.896 bits per heavy atom. The van der Waals surface area contributed by atoms with Gasteiger partial charge in [-0.3, -0.25) is 14.4 Å². The van der Waals surface area contributed by atoms with E-state index in [1.165, 1.54) is 36.3 Å². The van der Waals surface area contributed by atoms with Crippen molar-refractivity contribution >= 4 is 41.0 Å². The maximum Gasteiger partial charge on any atom is 0.416 e. The van der Waals surface area contributed by atoms with E-state index < -0.39 is 29.6 Å². The summed E-state index contributed by atoms with van der Waals surface area (Å²) in [6.07, 6.45) is -3.68. The first-order valence-corrected chi connectivity index (χ1v) is 15.1. The van der Waals surface area contributed by atoms with E-state index in [-0.39, 0.29) is 45.5 Å². The van der Waals surface area contributed by atoms with Gasteiger partial charge in [0.2, 0.25) is 0 Å². The molecule has 0 heterocycles. The minimum absolute atomic E-state index is 0.0324. The normalized spacial score (nSPS) is 11.1. The molecule has 250 valence electrons. The molecular weight excluding hydrogens is 649 g/mol. The molecule has 4 aromatic rings. The molecule has 0 aliphatic carbocycles. The van der Waals surface area contributed by atoms with Crippen molar-refractivity contribution in [1.82, 2.24) is 4.90 Å². The number of amides is 2. The van der Waals surface area contributed by atoms with Gasteiger partial charge in [0.15, 0.2) is 5.75 Å². The molecule has 48 heavy (non-hydrogen) atoms. The number of alkyl halides is 3. The van der Waals surface area contributed by atoms with Crippen LogP contribution in [0.5, 0.6) is 5.75 Å². The zero-order valence-electron chi connectivity index (χ0n) is 26.5. The fourth-order valence-electron chi connectivity index (χ4n) is 4.93. The highest BCUT2D eigenvalue weighted by molar-refractivity contribution is 6.32. The fraction of sp³-hybridized carbons (Fsp3) is 0.222. The molecule has 4 aromatic carbocycles. The van der Waals surface area contributed by atoms with E-state index in [1.807, 2.05) is 0 Å². The van der Waals surface area contributed by atoms with Crippen LogP contribution in [0.1, 0.15) is 60.6 Å². The van der Waals surface area contributed by atoms with Crippen molar-refractivity contribution in [2.24, 2.45) is 0 Å². The number of anilines is 1. The molecule has 0 fully saturated rings. The quantitative estimate of drug-likeness (QED) is 0.135. The number of nitrogens with zero attached hydrogens (tertiary/aromatic N) is 1. The van der Waals surface area contributed by atoms with Crippen LogP contribution in [0.25, 0.3) is 11.1 Å². The lowest BCUT2D eigenvalue weighted by atomic mass is 9.97. The highest BCUT2D eigenvalue weighted by Gasteiger charge is 2.30. The molecule has 0 unspecified atom stereocenters. The van der Waals surface area contributed by atoms with Crippen molar-refractivity contribution in [3.8, 4) is 16.9 Å². The lowest BCUT2D eigenvalue weighted by Gasteiger charge is -2.17. The maximum atomic E-state index is 13.5. The van der Waals surface area contributed by atoms with E-state index in [4.69, 9.17) is 21.1 Å². The fourth-order valence-corrected chi connectivity index (χ4v) is 5.24. The third-order valence-corrected chi connectivity index (χ3v) is 7.66. The lowest BCUT2D eigenvalue weighted by Crippen LogP contribution is -2.24. The zero-order chi connectivity index (χ0) is 35.2. The van der Waals surface area contributed by atoms with Gasteiger partial charge in [-0.25, -0.2) is 4.79 Å². The minimum Gasteiger partial charge on any atom is -0.465 e. The summed E-state index contributed by atoms with van der Waals surface area (Å²) in [6, 6.07) is 18.8. The molecule has 2 amide bonds. The highest BCUT2D eigenvalue weighted by Crippen LogP contribution is 2.33. The Morgan fingerprint density at radius 2 is 1.58 bits per heavy atom. The first-order chi connectivity index (χ1) is 22.7. The number of carbonyl (C=O) groups is 4. The number of carbonyl (C=O) groups excluding carboxylic acids is 4. The summed E-state index contributed by atoms with van der Waals surface area (Å²) < 4.78 is 49.4. The summed E-state index contributed by atoms with van der Waals surface area (Å²) in [5.74, 6) is -1.89. The first kappa shape index (κ1) is 35.7. The van der Waals surface area contributed by atoms with Gasteiger partial charge in [-0.05, 0) is 84.5 Å². The molecule has 0 bridgehead atoms. The topological polar surface area (TPSA) is 102 Å². The van der Waals surface area contributed by atoms with E-state index in [1.54, 1.807) is 63.5 Å². The molecule has 0 atom stereocenters. The van der Waals surface area contributed by atoms with Crippen LogP contribution in [0.2, 0.25) is 5.02 Å². The Bertz CT molecular complexity index is 1830. The largest absolute Gasteiger partial charge is 0.465 e. The van der Waals surface area contributed by atoms with Crippen LogP contribution >= 0.6 is 11.6 Å². The molecule has 1 N–H and O–H groups in total. The van der Waals surface area contributed by atoms with Crippen molar-refractivity contribution in [1.29, 1.82) is 0 Å². The van der Waals surface area contributed by atoms with Crippen LogP contribution in [-0.4, -0.2) is 49.9 Å². The molecule has 0 saturated heterocycles. The minimum atomic E-state index is -4.49. The zero-order valence-corrected chi connectivity index (χ0v) is 27.3. The number of aryl methyl sites for hydroxylation is 2. The van der Waals surface area contributed by atoms with Gasteiger partial charge >= 0.3 is 18.1 Å². The van der Waals surface area contributed by atoms with Gasteiger partial charge < -0.3 is 19.7 Å². The SMILES string of the molecule is COC(=O)c1cc(C)c(OC(=O)CCCc2ccc(NC(=O)c3ccccc3-c3ccc(C(F)(F)F)cc3)c(C(=O)N(C)C)c2)c(Cl)c1. The molecule has 0 aromatic heterocycles. The average molecular weight is 681 g/mol. The summed E-state index contributed by atoms with van der Waals surface area (Å²) in [4.78, 5) is 52.4. The third-order valence-electron chi connectivity index (χ3n) is 7.38. The Hall–Kier alpha value is -5.16. The Balaban J connectivity index is 1.48. The van der Waals surface area contributed by atoms with Crippen molar-refractivity contribution in [2.75, 3.05) is 26.5 Å². The van der Waals surface area contributed by atoms with Crippen LogP contribution in [0.15, 0.2) is 78.9 Å². The van der Waals surface area contributed by atoms with Gasteiger partial charge in [0.1, 0.15) is 0 Å². The molecule has 12 heteroatoms. The smallest absolute Gasteiger partial charge is 0.416 e. The summed E-state index contributed by atoms with van der Waals surface area (Å²) in [7, 11) is 4.39. The van der Waals surface area contributed by atoms with Crippen molar-refractivity contribution in [3.63, 3.8) is 0 Å². The summed E-state index contributed by atoms with van der Waals surface area (Å²) in [6.45, 7) is 1.65. The van der Waals surface area contributed by atoms with Crippen LogP contribution in [-0.2, 0) is 22.1 Å². The molecular formula is C36H32ClF3N2O6. The van der Waals surface area contributed by atoms with Gasteiger partial charge in [0.05, 0.1) is 34.5 Å². The number of benzene rings is 4. The summed E-state index contributed by atoms with van der Waals surface area (Å²) in [5.41, 5.74) is 2.15.